The standard InChI is InChI=1S/C19H39NO2/c1-16(2,3)12-18(7,8)13-19(9,10)14-20-15(21)11-22-17(4,5)6/h11-14H2,1-10H3,(H,20,21). The van der Waals surface area contributed by atoms with E-state index in [4.69, 9.17) is 4.74 Å². The summed E-state index contributed by atoms with van der Waals surface area (Å²) < 4.78 is 5.51. The number of nitrogens with one attached hydrogen (secondary N) is 1. The molecule has 1 amide bonds. The third kappa shape index (κ3) is 12.0. The molecule has 0 unspecified atom stereocenters. The minimum absolute atomic E-state index is 0.0309. The largest absolute Gasteiger partial charge is 0.366 e. The molecular formula is C19H39NO2. The van der Waals surface area contributed by atoms with Crippen molar-refractivity contribution in [3.05, 3.63) is 0 Å². The van der Waals surface area contributed by atoms with Gasteiger partial charge in [0, 0.05) is 6.54 Å². The highest BCUT2D eigenvalue weighted by Crippen LogP contribution is 2.41. The number of rotatable bonds is 7. The van der Waals surface area contributed by atoms with Gasteiger partial charge in [0.15, 0.2) is 0 Å². The van der Waals surface area contributed by atoms with E-state index < -0.39 is 0 Å². The van der Waals surface area contributed by atoms with Crippen LogP contribution >= 0.6 is 0 Å². The third-order valence-electron chi connectivity index (χ3n) is 3.37. The van der Waals surface area contributed by atoms with E-state index in [2.05, 4.69) is 53.8 Å². The monoisotopic (exact) mass is 313 g/mol. The van der Waals surface area contributed by atoms with Crippen LogP contribution in [0.1, 0.15) is 82.1 Å². The first-order chi connectivity index (χ1) is 9.52. The summed E-state index contributed by atoms with van der Waals surface area (Å²) in [6.07, 6.45) is 2.25. The van der Waals surface area contributed by atoms with Crippen LogP contribution in [0.15, 0.2) is 0 Å². The Morgan fingerprint density at radius 3 is 1.73 bits per heavy atom. The molecule has 0 rings (SSSR count). The Hall–Kier alpha value is -0.570. The summed E-state index contributed by atoms with van der Waals surface area (Å²) in [4.78, 5) is 11.9. The molecule has 0 spiro atoms. The second-order valence-corrected chi connectivity index (χ2v) is 10.4. The summed E-state index contributed by atoms with van der Waals surface area (Å²) in [6, 6.07) is 0. The quantitative estimate of drug-likeness (QED) is 0.733. The van der Waals surface area contributed by atoms with Crippen molar-refractivity contribution in [2.75, 3.05) is 13.2 Å². The Balaban J connectivity index is 4.37. The first-order valence-corrected chi connectivity index (χ1v) is 8.42. The molecule has 3 heteroatoms. The fourth-order valence-corrected chi connectivity index (χ4v) is 3.53. The lowest BCUT2D eigenvalue weighted by Crippen LogP contribution is -2.40. The van der Waals surface area contributed by atoms with Crippen molar-refractivity contribution in [2.45, 2.75) is 87.7 Å². The summed E-state index contributed by atoms with van der Waals surface area (Å²) >= 11 is 0. The molecule has 0 atom stereocenters. The van der Waals surface area contributed by atoms with Gasteiger partial charge in [-0.05, 0) is 49.9 Å². The molecule has 132 valence electrons. The SMILES string of the molecule is CC(C)(C)CC(C)(C)CC(C)(C)CNC(=O)COC(C)(C)C. The zero-order chi connectivity index (χ0) is 17.8. The minimum atomic E-state index is -0.276. The molecular weight excluding hydrogens is 274 g/mol. The molecule has 0 aliphatic heterocycles. The molecule has 0 aromatic carbocycles. The smallest absolute Gasteiger partial charge is 0.246 e. The maximum Gasteiger partial charge on any atom is 0.246 e. The van der Waals surface area contributed by atoms with E-state index in [9.17, 15) is 4.79 Å². The second kappa shape index (κ2) is 7.33. The number of carbonyl (C=O) groups is 1. The highest BCUT2D eigenvalue weighted by molar-refractivity contribution is 5.77. The van der Waals surface area contributed by atoms with Crippen LogP contribution in [0.5, 0.6) is 0 Å². The second-order valence-electron chi connectivity index (χ2n) is 10.4. The molecule has 1 N–H and O–H groups in total. The van der Waals surface area contributed by atoms with Gasteiger partial charge >= 0.3 is 0 Å². The van der Waals surface area contributed by atoms with Crippen molar-refractivity contribution in [2.24, 2.45) is 16.2 Å². The predicted molar refractivity (Wildman–Crippen MR) is 95.0 cm³/mol. The maximum absolute atomic E-state index is 11.9. The van der Waals surface area contributed by atoms with E-state index in [-0.39, 0.29) is 28.9 Å². The van der Waals surface area contributed by atoms with Crippen molar-refractivity contribution in [1.82, 2.24) is 5.32 Å². The highest BCUT2D eigenvalue weighted by atomic mass is 16.5. The number of carbonyl (C=O) groups excluding carboxylic acids is 1. The molecule has 0 bridgehead atoms. The van der Waals surface area contributed by atoms with Gasteiger partial charge in [-0.2, -0.15) is 0 Å². The Labute approximate surface area is 138 Å². The average molecular weight is 314 g/mol. The number of ether oxygens (including phenoxy) is 1. The van der Waals surface area contributed by atoms with E-state index in [1.54, 1.807) is 0 Å². The molecule has 0 saturated carbocycles. The number of hydrogen-bond acceptors (Lipinski definition) is 2. The van der Waals surface area contributed by atoms with Crippen LogP contribution < -0.4 is 5.32 Å². The van der Waals surface area contributed by atoms with E-state index in [0.29, 0.717) is 12.0 Å². The molecule has 0 heterocycles. The van der Waals surface area contributed by atoms with Crippen molar-refractivity contribution in [3.63, 3.8) is 0 Å². The van der Waals surface area contributed by atoms with Gasteiger partial charge in [-0.15, -0.1) is 0 Å². The lowest BCUT2D eigenvalue weighted by molar-refractivity contribution is -0.131. The first-order valence-electron chi connectivity index (χ1n) is 8.42. The van der Waals surface area contributed by atoms with Crippen LogP contribution in [0.2, 0.25) is 0 Å². The Kier molecular flexibility index (Phi) is 7.14. The lowest BCUT2D eigenvalue weighted by Gasteiger charge is -2.39. The van der Waals surface area contributed by atoms with Crippen molar-refractivity contribution >= 4 is 5.91 Å². The van der Waals surface area contributed by atoms with Crippen LogP contribution in [0.25, 0.3) is 0 Å². The van der Waals surface area contributed by atoms with Crippen LogP contribution in [0, 0.1) is 16.2 Å². The molecule has 0 radical (unpaired) electrons. The van der Waals surface area contributed by atoms with Gasteiger partial charge in [0.05, 0.1) is 5.60 Å². The fraction of sp³-hybridized carbons (Fsp3) is 0.947. The van der Waals surface area contributed by atoms with Crippen LogP contribution in [-0.2, 0) is 9.53 Å². The van der Waals surface area contributed by atoms with Crippen LogP contribution in [-0.4, -0.2) is 24.7 Å². The number of amides is 1. The molecule has 0 fully saturated rings. The van der Waals surface area contributed by atoms with Crippen molar-refractivity contribution in [1.29, 1.82) is 0 Å². The van der Waals surface area contributed by atoms with E-state index in [1.165, 1.54) is 6.42 Å². The molecule has 0 aromatic heterocycles. The van der Waals surface area contributed by atoms with Gasteiger partial charge in [-0.3, -0.25) is 4.79 Å². The zero-order valence-corrected chi connectivity index (χ0v) is 16.6. The number of hydrogen-bond donors (Lipinski definition) is 1. The normalized spacial score (nSPS) is 14.1. The van der Waals surface area contributed by atoms with Crippen molar-refractivity contribution in [3.8, 4) is 0 Å². The average Bonchev–Trinajstić information content (AvgIpc) is 2.17. The fourth-order valence-electron chi connectivity index (χ4n) is 3.53. The van der Waals surface area contributed by atoms with E-state index in [1.807, 2.05) is 20.8 Å². The maximum atomic E-state index is 11.9. The molecule has 0 aliphatic rings. The Morgan fingerprint density at radius 2 is 1.32 bits per heavy atom. The predicted octanol–water partition coefficient (Wildman–Crippen LogP) is 4.80. The summed E-state index contributed by atoms with van der Waals surface area (Å²) in [5, 5.41) is 3.02. The van der Waals surface area contributed by atoms with E-state index >= 15 is 0 Å². The minimum Gasteiger partial charge on any atom is -0.366 e. The van der Waals surface area contributed by atoms with Gasteiger partial charge in [-0.1, -0.05) is 48.5 Å². The zero-order valence-electron chi connectivity index (χ0n) is 16.6. The summed E-state index contributed by atoms with van der Waals surface area (Å²) in [7, 11) is 0. The summed E-state index contributed by atoms with van der Waals surface area (Å²) in [5.41, 5.74) is 0.380. The van der Waals surface area contributed by atoms with Gasteiger partial charge in [0.1, 0.15) is 6.61 Å². The lowest BCUT2D eigenvalue weighted by atomic mass is 9.68. The summed E-state index contributed by atoms with van der Waals surface area (Å²) in [6.45, 7) is 22.6. The molecule has 3 nitrogen and oxygen atoms in total. The first kappa shape index (κ1) is 21.4. The van der Waals surface area contributed by atoms with Gasteiger partial charge in [-0.25, -0.2) is 0 Å². The summed E-state index contributed by atoms with van der Waals surface area (Å²) in [5.74, 6) is -0.0309. The van der Waals surface area contributed by atoms with Gasteiger partial charge in [0.25, 0.3) is 0 Å². The highest BCUT2D eigenvalue weighted by Gasteiger charge is 2.32. The topological polar surface area (TPSA) is 38.3 Å². The Morgan fingerprint density at radius 1 is 0.818 bits per heavy atom. The van der Waals surface area contributed by atoms with Crippen LogP contribution in [0.3, 0.4) is 0 Å². The van der Waals surface area contributed by atoms with Crippen LogP contribution in [0.4, 0.5) is 0 Å². The molecule has 0 aromatic rings. The van der Waals surface area contributed by atoms with Gasteiger partial charge < -0.3 is 10.1 Å². The van der Waals surface area contributed by atoms with Crippen molar-refractivity contribution < 1.29 is 9.53 Å². The van der Waals surface area contributed by atoms with Gasteiger partial charge in [0.2, 0.25) is 5.91 Å². The molecule has 22 heavy (non-hydrogen) atoms. The molecule has 0 saturated heterocycles. The Bertz CT molecular complexity index is 357. The van der Waals surface area contributed by atoms with E-state index in [0.717, 1.165) is 6.42 Å². The third-order valence-corrected chi connectivity index (χ3v) is 3.37. The molecule has 0 aliphatic carbocycles.